The lowest BCUT2D eigenvalue weighted by molar-refractivity contribution is -0.116. The number of carbonyl (C=O) groups is 2. The maximum atomic E-state index is 12.2. The van der Waals surface area contributed by atoms with Crippen LogP contribution < -0.4 is 20.1 Å². The van der Waals surface area contributed by atoms with Gasteiger partial charge in [-0.3, -0.25) is 9.59 Å². The lowest BCUT2D eigenvalue weighted by Gasteiger charge is -2.10. The Bertz CT molecular complexity index is 859. The van der Waals surface area contributed by atoms with Crippen molar-refractivity contribution in [1.82, 2.24) is 0 Å². The van der Waals surface area contributed by atoms with Crippen molar-refractivity contribution in [2.45, 2.75) is 19.3 Å². The zero-order valence-electron chi connectivity index (χ0n) is 15.2. The topological polar surface area (TPSA) is 100 Å². The minimum atomic E-state index is -0.394. The highest BCUT2D eigenvalue weighted by molar-refractivity contribution is 5.94. The first-order valence-electron chi connectivity index (χ1n) is 8.33. The molecule has 0 aromatic heterocycles. The van der Waals surface area contributed by atoms with Gasteiger partial charge in [0, 0.05) is 17.8 Å². The van der Waals surface area contributed by atoms with E-state index in [1.54, 1.807) is 50.6 Å². The van der Waals surface area contributed by atoms with E-state index >= 15 is 0 Å². The van der Waals surface area contributed by atoms with Crippen LogP contribution in [0.4, 0.5) is 11.4 Å². The summed E-state index contributed by atoms with van der Waals surface area (Å²) in [6.07, 6.45) is 0.618. The van der Waals surface area contributed by atoms with Gasteiger partial charge in [0.25, 0.3) is 0 Å². The molecule has 0 heterocycles. The molecule has 0 aliphatic carbocycles. The Balaban J connectivity index is 1.92. The molecule has 2 rings (SSSR count). The van der Waals surface area contributed by atoms with Gasteiger partial charge in [-0.15, -0.1) is 0 Å². The van der Waals surface area contributed by atoms with Crippen LogP contribution in [0.1, 0.15) is 18.4 Å². The van der Waals surface area contributed by atoms with E-state index in [0.29, 0.717) is 35.7 Å². The van der Waals surface area contributed by atoms with E-state index in [1.165, 1.54) is 0 Å². The fraction of sp³-hybridized carbons (Fsp3) is 0.250. The van der Waals surface area contributed by atoms with Crippen molar-refractivity contribution < 1.29 is 19.1 Å². The van der Waals surface area contributed by atoms with Crippen LogP contribution in [0.15, 0.2) is 42.5 Å². The van der Waals surface area contributed by atoms with Crippen molar-refractivity contribution in [3.05, 3.63) is 48.0 Å². The van der Waals surface area contributed by atoms with Crippen molar-refractivity contribution in [2.24, 2.45) is 0 Å². The fourth-order valence-electron chi connectivity index (χ4n) is 2.47. The van der Waals surface area contributed by atoms with Gasteiger partial charge in [0.2, 0.25) is 11.8 Å². The summed E-state index contributed by atoms with van der Waals surface area (Å²) >= 11 is 0. The number of rotatable bonds is 8. The lowest BCUT2D eigenvalue weighted by atomic mass is 10.1. The van der Waals surface area contributed by atoms with E-state index in [4.69, 9.17) is 14.7 Å². The monoisotopic (exact) mass is 367 g/mol. The van der Waals surface area contributed by atoms with E-state index < -0.39 is 5.91 Å². The average Bonchev–Trinajstić information content (AvgIpc) is 2.66. The molecule has 2 aromatic carbocycles. The first-order chi connectivity index (χ1) is 13.0. The molecule has 0 unspecified atom stereocenters. The Morgan fingerprint density at radius 3 is 2.26 bits per heavy atom. The average molecular weight is 367 g/mol. The zero-order valence-corrected chi connectivity index (χ0v) is 15.2. The molecule has 0 aliphatic rings. The number of benzene rings is 2. The highest BCUT2D eigenvalue weighted by Crippen LogP contribution is 2.28. The van der Waals surface area contributed by atoms with Crippen molar-refractivity contribution >= 4 is 23.2 Å². The normalized spacial score (nSPS) is 9.81. The van der Waals surface area contributed by atoms with Crippen LogP contribution in [-0.4, -0.2) is 26.0 Å². The van der Waals surface area contributed by atoms with Gasteiger partial charge in [-0.05, 0) is 42.3 Å². The van der Waals surface area contributed by atoms with Crippen molar-refractivity contribution in [3.8, 4) is 17.6 Å². The van der Waals surface area contributed by atoms with Gasteiger partial charge in [0.1, 0.15) is 6.42 Å². The lowest BCUT2D eigenvalue weighted by Crippen LogP contribution is -2.13. The van der Waals surface area contributed by atoms with Crippen LogP contribution in [0, 0.1) is 11.3 Å². The minimum Gasteiger partial charge on any atom is -0.493 e. The molecule has 2 amide bonds. The van der Waals surface area contributed by atoms with Gasteiger partial charge >= 0.3 is 0 Å². The van der Waals surface area contributed by atoms with Gasteiger partial charge < -0.3 is 20.1 Å². The molecule has 0 atom stereocenters. The smallest absolute Gasteiger partial charge is 0.238 e. The summed E-state index contributed by atoms with van der Waals surface area (Å²) in [4.78, 5) is 23.7. The third-order valence-corrected chi connectivity index (χ3v) is 3.76. The summed E-state index contributed by atoms with van der Waals surface area (Å²) in [5.74, 6) is 0.719. The largest absolute Gasteiger partial charge is 0.493 e. The molecular formula is C20H21N3O4. The second-order valence-electron chi connectivity index (χ2n) is 5.70. The van der Waals surface area contributed by atoms with E-state index in [9.17, 15) is 9.59 Å². The molecule has 2 aromatic rings. The van der Waals surface area contributed by atoms with Crippen LogP contribution in [0.3, 0.4) is 0 Å². The van der Waals surface area contributed by atoms with Crippen molar-refractivity contribution in [1.29, 1.82) is 5.26 Å². The van der Waals surface area contributed by atoms with Gasteiger partial charge in [-0.2, -0.15) is 5.26 Å². The number of anilines is 2. The summed E-state index contributed by atoms with van der Waals surface area (Å²) in [5.41, 5.74) is 2.05. The number of amides is 2. The molecule has 140 valence electrons. The maximum absolute atomic E-state index is 12.2. The molecule has 0 radical (unpaired) electrons. The Kier molecular flexibility index (Phi) is 7.20. The Morgan fingerprint density at radius 2 is 1.63 bits per heavy atom. The van der Waals surface area contributed by atoms with Gasteiger partial charge in [0.05, 0.1) is 20.3 Å². The number of nitriles is 1. The summed E-state index contributed by atoms with van der Waals surface area (Å²) in [5, 5.41) is 13.9. The van der Waals surface area contributed by atoms with Crippen LogP contribution in [0.2, 0.25) is 0 Å². The molecule has 7 nitrogen and oxygen atoms in total. The Morgan fingerprint density at radius 1 is 0.963 bits per heavy atom. The van der Waals surface area contributed by atoms with Crippen molar-refractivity contribution in [3.63, 3.8) is 0 Å². The van der Waals surface area contributed by atoms with E-state index in [0.717, 1.165) is 5.56 Å². The highest BCUT2D eigenvalue weighted by Gasteiger charge is 2.08. The van der Waals surface area contributed by atoms with Crippen LogP contribution >= 0.6 is 0 Å². The molecular weight excluding hydrogens is 346 g/mol. The molecule has 0 saturated carbocycles. The number of methoxy groups -OCH3 is 2. The molecule has 2 N–H and O–H groups in total. The second kappa shape index (κ2) is 9.82. The summed E-state index contributed by atoms with van der Waals surface area (Å²) < 4.78 is 10.5. The van der Waals surface area contributed by atoms with Crippen molar-refractivity contribution in [2.75, 3.05) is 24.9 Å². The second-order valence-corrected chi connectivity index (χ2v) is 5.70. The predicted molar refractivity (Wildman–Crippen MR) is 102 cm³/mol. The summed E-state index contributed by atoms with van der Waals surface area (Å²) in [6, 6.07) is 14.1. The number of carbonyl (C=O) groups excluding carboxylic acids is 2. The quantitative estimate of drug-likeness (QED) is 0.746. The number of hydrogen-bond donors (Lipinski definition) is 2. The predicted octanol–water partition coefficient (Wildman–Crippen LogP) is 3.13. The van der Waals surface area contributed by atoms with Crippen LogP contribution in [0.25, 0.3) is 0 Å². The molecule has 0 fully saturated rings. The third kappa shape index (κ3) is 6.04. The SMILES string of the molecule is COc1ccc(CCC(=O)Nc2cccc(NC(=O)CC#N)c2)cc1OC. The number of aryl methyl sites for hydroxylation is 1. The summed E-state index contributed by atoms with van der Waals surface area (Å²) in [6.45, 7) is 0. The molecule has 0 bridgehead atoms. The molecule has 0 aliphatic heterocycles. The minimum absolute atomic E-state index is 0.148. The Labute approximate surface area is 157 Å². The van der Waals surface area contributed by atoms with Crippen LogP contribution in [0.5, 0.6) is 11.5 Å². The highest BCUT2D eigenvalue weighted by atomic mass is 16.5. The molecule has 27 heavy (non-hydrogen) atoms. The first kappa shape index (κ1) is 19.8. The maximum Gasteiger partial charge on any atom is 0.238 e. The van der Waals surface area contributed by atoms with Gasteiger partial charge in [-0.1, -0.05) is 12.1 Å². The summed E-state index contributed by atoms with van der Waals surface area (Å²) in [7, 11) is 3.14. The zero-order chi connectivity index (χ0) is 19.6. The van der Waals surface area contributed by atoms with Gasteiger partial charge in [0.15, 0.2) is 11.5 Å². The van der Waals surface area contributed by atoms with Gasteiger partial charge in [-0.25, -0.2) is 0 Å². The van der Waals surface area contributed by atoms with Crippen LogP contribution in [-0.2, 0) is 16.0 Å². The van der Waals surface area contributed by atoms with E-state index in [1.807, 2.05) is 12.1 Å². The molecule has 0 saturated heterocycles. The third-order valence-electron chi connectivity index (χ3n) is 3.76. The molecule has 7 heteroatoms. The standard InChI is InChI=1S/C20H21N3O4/c1-26-17-8-6-14(12-18(17)27-2)7-9-19(24)22-15-4-3-5-16(13-15)23-20(25)10-11-21/h3-6,8,12-13H,7,9-10H2,1-2H3,(H,22,24)(H,23,25). The number of ether oxygens (including phenoxy) is 2. The first-order valence-corrected chi connectivity index (χ1v) is 8.33. The number of hydrogen-bond acceptors (Lipinski definition) is 5. The fourth-order valence-corrected chi connectivity index (χ4v) is 2.47. The van der Waals surface area contributed by atoms with E-state index in [2.05, 4.69) is 10.6 Å². The number of nitrogens with one attached hydrogen (secondary N) is 2. The molecule has 0 spiro atoms. The van der Waals surface area contributed by atoms with E-state index in [-0.39, 0.29) is 12.3 Å². The Hall–Kier alpha value is -3.53. The number of nitrogens with zero attached hydrogens (tertiary/aromatic N) is 1.